The molecule has 0 amide bonds. The molecule has 0 heterocycles. The molecule has 92 valence electrons. The zero-order valence-electron chi connectivity index (χ0n) is 10.8. The average molecular weight is 239 g/mol. The molecule has 0 saturated carbocycles. The van der Waals surface area contributed by atoms with Crippen molar-refractivity contribution < 1.29 is 15.8 Å². The summed E-state index contributed by atoms with van der Waals surface area (Å²) in [6.45, 7) is 5.09. The molecule has 0 saturated heterocycles. The Morgan fingerprint density at radius 3 is 2.59 bits per heavy atom. The first kappa shape index (κ1) is 11.4. The molecule has 0 unspecified atom stereocenters. The molecule has 0 fully saturated rings. The number of anilines is 1. The molecule has 0 aliphatic carbocycles. The number of esters is 1. The lowest BCUT2D eigenvalue weighted by Gasteiger charge is -2.19. The molecule has 17 heavy (non-hydrogen) atoms. The molecule has 6 heteroatoms. The fourth-order valence-electron chi connectivity index (χ4n) is 1.12. The monoisotopic (exact) mass is 239 g/mol. The smallest absolute Gasteiger partial charge is 0.338 e. The number of benzene rings is 1. The van der Waals surface area contributed by atoms with Crippen LogP contribution in [0.2, 0.25) is 0 Å². The van der Waals surface area contributed by atoms with Gasteiger partial charge in [-0.2, -0.15) is 0 Å². The molecule has 6 nitrogen and oxygen atoms in total. The maximum Gasteiger partial charge on any atom is 0.338 e. The normalized spacial score (nSPS) is 11.8. The first-order valence-electron chi connectivity index (χ1n) is 5.39. The van der Waals surface area contributed by atoms with E-state index in [0.29, 0.717) is 0 Å². The maximum absolute atomic E-state index is 11.7. The number of hydrogen-bond donors (Lipinski definition) is 1. The molecule has 0 aliphatic heterocycles. The number of nitrogens with two attached hydrogens (primary N) is 1. The van der Waals surface area contributed by atoms with Crippen LogP contribution in [0.1, 0.15) is 32.5 Å². The minimum atomic E-state index is -0.753. The van der Waals surface area contributed by atoms with Crippen molar-refractivity contribution in [2.75, 3.05) is 5.73 Å². The number of rotatable bonds is 2. The third kappa shape index (κ3) is 3.44. The standard InChI is InChI=1S/C11H14N2O4/c1-11(2,3)17-10(14)7-4-5-9(13(15)16)8(12)6-7/h4-6H,12H2,1-3H3/i5D. The topological polar surface area (TPSA) is 95.5 Å². The van der Waals surface area contributed by atoms with Gasteiger partial charge in [-0.05, 0) is 32.9 Å². The number of carbonyl (C=O) groups excluding carboxylic acids is 1. The largest absolute Gasteiger partial charge is 0.456 e. The van der Waals surface area contributed by atoms with Gasteiger partial charge in [0.25, 0.3) is 5.69 Å². The number of ether oxygens (including phenoxy) is 1. The van der Waals surface area contributed by atoms with Crippen LogP contribution in [-0.2, 0) is 4.74 Å². The van der Waals surface area contributed by atoms with Crippen molar-refractivity contribution in [2.45, 2.75) is 26.4 Å². The van der Waals surface area contributed by atoms with Crippen molar-refractivity contribution in [1.82, 2.24) is 0 Å². The summed E-state index contributed by atoms with van der Waals surface area (Å²) in [4.78, 5) is 21.6. The first-order valence-corrected chi connectivity index (χ1v) is 4.89. The molecule has 0 aromatic heterocycles. The third-order valence-electron chi connectivity index (χ3n) is 1.77. The molecular weight excluding hydrogens is 224 g/mol. The van der Waals surface area contributed by atoms with Gasteiger partial charge in [-0.15, -0.1) is 0 Å². The van der Waals surface area contributed by atoms with Gasteiger partial charge < -0.3 is 10.5 Å². The summed E-state index contributed by atoms with van der Waals surface area (Å²) in [5, 5.41) is 10.6. The second-order valence-electron chi connectivity index (χ2n) is 4.45. The van der Waals surface area contributed by atoms with E-state index in [4.69, 9.17) is 11.8 Å². The van der Waals surface area contributed by atoms with Crippen molar-refractivity contribution in [3.63, 3.8) is 0 Å². The lowest BCUT2D eigenvalue weighted by molar-refractivity contribution is -0.383. The highest BCUT2D eigenvalue weighted by Crippen LogP contribution is 2.23. The Morgan fingerprint density at radius 1 is 1.59 bits per heavy atom. The summed E-state index contributed by atoms with van der Waals surface area (Å²) in [5.74, 6) is -0.669. The van der Waals surface area contributed by atoms with Gasteiger partial charge in [0.2, 0.25) is 0 Å². The van der Waals surface area contributed by atoms with Crippen molar-refractivity contribution >= 4 is 17.3 Å². The van der Waals surface area contributed by atoms with Crippen LogP contribution in [0.4, 0.5) is 11.4 Å². The first-order chi connectivity index (χ1) is 8.11. The van der Waals surface area contributed by atoms with Gasteiger partial charge in [-0.1, -0.05) is 0 Å². The van der Waals surface area contributed by atoms with Gasteiger partial charge in [0.15, 0.2) is 0 Å². The lowest BCUT2D eigenvalue weighted by Crippen LogP contribution is -2.23. The van der Waals surface area contributed by atoms with Crippen LogP contribution >= 0.6 is 0 Å². The quantitative estimate of drug-likeness (QED) is 0.369. The van der Waals surface area contributed by atoms with Crippen LogP contribution in [0.15, 0.2) is 18.2 Å². The van der Waals surface area contributed by atoms with E-state index in [-0.39, 0.29) is 11.3 Å². The highest BCUT2D eigenvalue weighted by molar-refractivity contribution is 5.91. The van der Waals surface area contributed by atoms with Gasteiger partial charge in [0.1, 0.15) is 11.3 Å². The highest BCUT2D eigenvalue weighted by Gasteiger charge is 2.20. The second kappa shape index (κ2) is 4.40. The fraction of sp³-hybridized carbons (Fsp3) is 0.364. The zero-order chi connectivity index (χ0) is 14.1. The third-order valence-corrected chi connectivity index (χ3v) is 1.77. The second-order valence-corrected chi connectivity index (χ2v) is 4.45. The van der Waals surface area contributed by atoms with E-state index in [1.165, 1.54) is 0 Å². The predicted octanol–water partition coefficient (Wildman–Crippen LogP) is 2.13. The minimum absolute atomic E-state index is 0.0259. The Kier molecular flexibility index (Phi) is 2.95. The molecular formula is C11H14N2O4. The van der Waals surface area contributed by atoms with Crippen molar-refractivity contribution in [3.05, 3.63) is 33.9 Å². The van der Waals surface area contributed by atoms with Crippen LogP contribution in [0.5, 0.6) is 0 Å². The van der Waals surface area contributed by atoms with E-state index in [1.54, 1.807) is 20.8 Å². The van der Waals surface area contributed by atoms with Crippen molar-refractivity contribution in [3.8, 4) is 0 Å². The van der Waals surface area contributed by atoms with Crippen LogP contribution in [0, 0.1) is 10.1 Å². The van der Waals surface area contributed by atoms with E-state index < -0.39 is 28.2 Å². The van der Waals surface area contributed by atoms with Crippen LogP contribution in [-0.4, -0.2) is 16.5 Å². The summed E-state index contributed by atoms with van der Waals surface area (Å²) in [5.41, 5.74) is 4.06. The molecule has 0 radical (unpaired) electrons. The number of carbonyl (C=O) groups is 1. The van der Waals surface area contributed by atoms with Gasteiger partial charge in [-0.3, -0.25) is 10.1 Å². The van der Waals surface area contributed by atoms with E-state index >= 15 is 0 Å². The Hall–Kier alpha value is -2.11. The Bertz CT molecular complexity index is 485. The molecule has 0 bridgehead atoms. The summed E-state index contributed by atoms with van der Waals surface area (Å²) in [7, 11) is 0. The maximum atomic E-state index is 11.7. The summed E-state index contributed by atoms with van der Waals surface area (Å²) >= 11 is 0. The van der Waals surface area contributed by atoms with Gasteiger partial charge in [0, 0.05) is 6.04 Å². The number of hydrogen-bond acceptors (Lipinski definition) is 5. The summed E-state index contributed by atoms with van der Waals surface area (Å²) < 4.78 is 12.6. The predicted molar refractivity (Wildman–Crippen MR) is 62.7 cm³/mol. The van der Waals surface area contributed by atoms with E-state index in [1.807, 2.05) is 0 Å². The lowest BCUT2D eigenvalue weighted by atomic mass is 10.1. The Morgan fingerprint density at radius 2 is 2.18 bits per heavy atom. The summed E-state index contributed by atoms with van der Waals surface area (Å²) in [6.07, 6.45) is 0. The highest BCUT2D eigenvalue weighted by atomic mass is 16.6. The average Bonchev–Trinajstić information content (AvgIpc) is 2.12. The number of nitrogen functional groups attached to an aromatic ring is 1. The van der Waals surface area contributed by atoms with E-state index in [0.717, 1.165) is 12.1 Å². The van der Waals surface area contributed by atoms with Gasteiger partial charge >= 0.3 is 5.97 Å². The molecule has 1 aromatic rings. The molecule has 2 N–H and O–H groups in total. The van der Waals surface area contributed by atoms with Crippen molar-refractivity contribution in [2.24, 2.45) is 0 Å². The number of nitrogens with zero attached hydrogens (tertiary/aromatic N) is 1. The van der Waals surface area contributed by atoms with Gasteiger partial charge in [-0.25, -0.2) is 4.79 Å². The SMILES string of the molecule is [2H]c1cc(C(=O)OC(C)(C)C)cc(N)c1[N+](=O)[O-]. The molecule has 0 atom stereocenters. The Balaban J connectivity index is 3.15. The fourth-order valence-corrected chi connectivity index (χ4v) is 1.12. The van der Waals surface area contributed by atoms with Crippen LogP contribution in [0.25, 0.3) is 0 Å². The van der Waals surface area contributed by atoms with E-state index in [9.17, 15) is 14.9 Å². The molecule has 0 spiro atoms. The van der Waals surface area contributed by atoms with Crippen LogP contribution < -0.4 is 5.73 Å². The van der Waals surface area contributed by atoms with Crippen LogP contribution in [0.3, 0.4) is 0 Å². The minimum Gasteiger partial charge on any atom is -0.456 e. The zero-order valence-corrected chi connectivity index (χ0v) is 9.81. The number of nitro groups is 1. The van der Waals surface area contributed by atoms with E-state index in [2.05, 4.69) is 0 Å². The van der Waals surface area contributed by atoms with Gasteiger partial charge in [0.05, 0.1) is 11.9 Å². The summed E-state index contributed by atoms with van der Waals surface area (Å²) in [6, 6.07) is 1.80. The molecule has 1 rings (SSSR count). The molecule has 1 aromatic carbocycles. The Labute approximate surface area is 99.9 Å². The number of nitro benzene ring substituents is 1. The van der Waals surface area contributed by atoms with Crippen molar-refractivity contribution in [1.29, 1.82) is 0 Å². The molecule has 0 aliphatic rings.